The van der Waals surface area contributed by atoms with Gasteiger partial charge in [0, 0.05) is 12.0 Å². The molecule has 0 aromatic rings. The van der Waals surface area contributed by atoms with E-state index in [1.54, 1.807) is 0 Å². The summed E-state index contributed by atoms with van der Waals surface area (Å²) in [6.07, 6.45) is 9.74. The van der Waals surface area contributed by atoms with Crippen molar-refractivity contribution in [3.63, 3.8) is 0 Å². The lowest BCUT2D eigenvalue weighted by molar-refractivity contribution is -0.125. The molecule has 0 N–H and O–H groups in total. The second-order valence-electron chi connectivity index (χ2n) is 4.99. The fraction of sp³-hybridized carbons (Fsp3) is 0.917. The molecule has 0 amide bonds. The van der Waals surface area contributed by atoms with Gasteiger partial charge in [-0.05, 0) is 25.2 Å². The van der Waals surface area contributed by atoms with E-state index in [0.717, 1.165) is 31.8 Å². The van der Waals surface area contributed by atoms with Gasteiger partial charge in [-0.25, -0.2) is 0 Å². The molecule has 1 atom stereocenters. The third-order valence-corrected chi connectivity index (χ3v) is 3.77. The second kappa shape index (κ2) is 4.43. The number of hydrogen-bond donors (Lipinski definition) is 0. The normalized spacial score (nSPS) is 34.6. The van der Waals surface area contributed by atoms with Gasteiger partial charge >= 0.3 is 0 Å². The van der Waals surface area contributed by atoms with Crippen LogP contribution in [0.4, 0.5) is 0 Å². The van der Waals surface area contributed by atoms with Crippen molar-refractivity contribution >= 4 is 6.29 Å². The Balaban J connectivity index is 1.92. The zero-order chi connectivity index (χ0) is 9.86. The lowest BCUT2D eigenvalue weighted by atomic mass is 9.76. The van der Waals surface area contributed by atoms with E-state index >= 15 is 0 Å². The van der Waals surface area contributed by atoms with Crippen LogP contribution in [0.5, 0.6) is 0 Å². The summed E-state index contributed by atoms with van der Waals surface area (Å²) in [5.74, 6) is 0.793. The van der Waals surface area contributed by atoms with Gasteiger partial charge in [-0.1, -0.05) is 25.7 Å². The van der Waals surface area contributed by atoms with Crippen molar-refractivity contribution in [3.8, 4) is 0 Å². The van der Waals surface area contributed by atoms with Crippen molar-refractivity contribution < 1.29 is 9.53 Å². The topological polar surface area (TPSA) is 26.3 Å². The first-order chi connectivity index (χ1) is 6.85. The van der Waals surface area contributed by atoms with E-state index in [1.807, 2.05) is 0 Å². The molecule has 14 heavy (non-hydrogen) atoms. The lowest BCUT2D eigenvalue weighted by Crippen LogP contribution is -2.35. The minimum Gasteiger partial charge on any atom is -0.380 e. The third kappa shape index (κ3) is 2.17. The van der Waals surface area contributed by atoms with Crippen LogP contribution in [0.25, 0.3) is 0 Å². The quantitative estimate of drug-likeness (QED) is 0.648. The molecule has 1 aliphatic carbocycles. The minimum atomic E-state index is -0.118. The Bertz CT molecular complexity index is 188. The first-order valence-electron chi connectivity index (χ1n) is 5.89. The van der Waals surface area contributed by atoms with Gasteiger partial charge in [-0.15, -0.1) is 0 Å². The smallest absolute Gasteiger partial charge is 0.128 e. The SMILES string of the molecule is O=CC1(CC2CCCC2)CCCOC1. The van der Waals surface area contributed by atoms with Gasteiger partial charge in [0.1, 0.15) is 6.29 Å². The predicted octanol–water partition coefficient (Wildman–Crippen LogP) is 2.56. The highest BCUT2D eigenvalue weighted by molar-refractivity contribution is 5.59. The van der Waals surface area contributed by atoms with Crippen molar-refractivity contribution in [1.29, 1.82) is 0 Å². The van der Waals surface area contributed by atoms with Gasteiger partial charge in [0.15, 0.2) is 0 Å². The largest absolute Gasteiger partial charge is 0.380 e. The minimum absolute atomic E-state index is 0.118. The summed E-state index contributed by atoms with van der Waals surface area (Å²) in [5.41, 5.74) is -0.118. The highest BCUT2D eigenvalue weighted by Gasteiger charge is 2.35. The molecule has 0 radical (unpaired) electrons. The van der Waals surface area contributed by atoms with E-state index in [1.165, 1.54) is 32.0 Å². The Morgan fingerprint density at radius 2 is 2.07 bits per heavy atom. The number of hydrogen-bond acceptors (Lipinski definition) is 2. The second-order valence-corrected chi connectivity index (χ2v) is 4.99. The van der Waals surface area contributed by atoms with Gasteiger partial charge in [-0.2, -0.15) is 0 Å². The van der Waals surface area contributed by atoms with Crippen molar-refractivity contribution in [3.05, 3.63) is 0 Å². The van der Waals surface area contributed by atoms with Gasteiger partial charge in [-0.3, -0.25) is 0 Å². The maximum absolute atomic E-state index is 11.2. The van der Waals surface area contributed by atoms with Crippen LogP contribution in [0.2, 0.25) is 0 Å². The zero-order valence-electron chi connectivity index (χ0n) is 8.84. The molecule has 2 heteroatoms. The van der Waals surface area contributed by atoms with Crippen molar-refractivity contribution in [2.45, 2.75) is 44.9 Å². The predicted molar refractivity (Wildman–Crippen MR) is 55.1 cm³/mol. The van der Waals surface area contributed by atoms with Gasteiger partial charge < -0.3 is 9.53 Å². The van der Waals surface area contributed by atoms with E-state index in [0.29, 0.717) is 6.61 Å². The Morgan fingerprint density at radius 1 is 1.29 bits per heavy atom. The number of aldehydes is 1. The van der Waals surface area contributed by atoms with Crippen LogP contribution in [-0.2, 0) is 9.53 Å². The van der Waals surface area contributed by atoms with Crippen LogP contribution < -0.4 is 0 Å². The molecule has 2 rings (SSSR count). The number of ether oxygens (including phenoxy) is 1. The Kier molecular flexibility index (Phi) is 3.22. The molecule has 2 fully saturated rings. The number of carbonyl (C=O) groups excluding carboxylic acids is 1. The van der Waals surface area contributed by atoms with Crippen LogP contribution in [0.3, 0.4) is 0 Å². The molecule has 0 spiro atoms. The lowest BCUT2D eigenvalue weighted by Gasteiger charge is -2.33. The molecule has 1 saturated heterocycles. The third-order valence-electron chi connectivity index (χ3n) is 3.77. The van der Waals surface area contributed by atoms with Crippen LogP contribution in [0.15, 0.2) is 0 Å². The van der Waals surface area contributed by atoms with Crippen molar-refractivity contribution in [1.82, 2.24) is 0 Å². The Labute approximate surface area is 86.0 Å². The molecule has 1 aliphatic heterocycles. The monoisotopic (exact) mass is 196 g/mol. The maximum Gasteiger partial charge on any atom is 0.128 e. The van der Waals surface area contributed by atoms with E-state index in [4.69, 9.17) is 4.74 Å². The van der Waals surface area contributed by atoms with E-state index < -0.39 is 0 Å². The summed E-state index contributed by atoms with van der Waals surface area (Å²) in [4.78, 5) is 11.2. The fourth-order valence-corrected chi connectivity index (χ4v) is 2.97. The highest BCUT2D eigenvalue weighted by Crippen LogP contribution is 2.39. The van der Waals surface area contributed by atoms with Crippen LogP contribution >= 0.6 is 0 Å². The summed E-state index contributed by atoms with van der Waals surface area (Å²) >= 11 is 0. The standard InChI is InChI=1S/C12H20O2/c13-9-12(6-3-7-14-10-12)8-11-4-1-2-5-11/h9,11H,1-8,10H2. The summed E-state index contributed by atoms with van der Waals surface area (Å²) < 4.78 is 5.46. The molecule has 2 nitrogen and oxygen atoms in total. The van der Waals surface area contributed by atoms with Crippen LogP contribution in [0, 0.1) is 11.3 Å². The first kappa shape index (κ1) is 10.2. The van der Waals surface area contributed by atoms with Gasteiger partial charge in [0.2, 0.25) is 0 Å². The highest BCUT2D eigenvalue weighted by atomic mass is 16.5. The molecule has 1 unspecified atom stereocenters. The van der Waals surface area contributed by atoms with Crippen molar-refractivity contribution in [2.75, 3.05) is 13.2 Å². The molecule has 1 heterocycles. The molecule has 0 bridgehead atoms. The molecule has 2 aliphatic rings. The van der Waals surface area contributed by atoms with Crippen molar-refractivity contribution in [2.24, 2.45) is 11.3 Å². The number of carbonyl (C=O) groups is 1. The number of rotatable bonds is 3. The van der Waals surface area contributed by atoms with Crippen LogP contribution in [-0.4, -0.2) is 19.5 Å². The molecular weight excluding hydrogens is 176 g/mol. The molecular formula is C12H20O2. The molecule has 1 saturated carbocycles. The maximum atomic E-state index is 11.2. The summed E-state index contributed by atoms with van der Waals surface area (Å²) in [5, 5.41) is 0. The van der Waals surface area contributed by atoms with Gasteiger partial charge in [0.25, 0.3) is 0 Å². The molecule has 0 aromatic carbocycles. The fourth-order valence-electron chi connectivity index (χ4n) is 2.97. The Morgan fingerprint density at radius 3 is 2.64 bits per heavy atom. The summed E-state index contributed by atoms with van der Waals surface area (Å²) in [6.45, 7) is 1.52. The molecule has 0 aromatic heterocycles. The average molecular weight is 196 g/mol. The Hall–Kier alpha value is -0.370. The van der Waals surface area contributed by atoms with E-state index in [2.05, 4.69) is 0 Å². The zero-order valence-corrected chi connectivity index (χ0v) is 8.84. The molecule has 80 valence electrons. The van der Waals surface area contributed by atoms with Crippen LogP contribution in [0.1, 0.15) is 44.9 Å². The summed E-state index contributed by atoms with van der Waals surface area (Å²) in [6, 6.07) is 0. The van der Waals surface area contributed by atoms with E-state index in [-0.39, 0.29) is 5.41 Å². The van der Waals surface area contributed by atoms with Gasteiger partial charge in [0.05, 0.1) is 6.61 Å². The average Bonchev–Trinajstić information content (AvgIpc) is 2.72. The van der Waals surface area contributed by atoms with E-state index in [9.17, 15) is 4.79 Å². The summed E-state index contributed by atoms with van der Waals surface area (Å²) in [7, 11) is 0. The first-order valence-corrected chi connectivity index (χ1v) is 5.89.